The molecule has 0 aromatic heterocycles. The molecule has 1 saturated carbocycles. The van der Waals surface area contributed by atoms with E-state index in [1.165, 1.54) is 32.1 Å². The van der Waals surface area contributed by atoms with Gasteiger partial charge in [-0.15, -0.1) is 0 Å². The molecule has 28 heavy (non-hydrogen) atoms. The van der Waals surface area contributed by atoms with Crippen LogP contribution >= 0.6 is 0 Å². The van der Waals surface area contributed by atoms with Crippen LogP contribution in [0.2, 0.25) is 0 Å². The molecular formula is C24H41NO3. The van der Waals surface area contributed by atoms with Gasteiger partial charge in [0, 0.05) is 11.6 Å². The summed E-state index contributed by atoms with van der Waals surface area (Å²) < 4.78 is 11.7. The normalized spacial score (nSPS) is 17.8. The maximum Gasteiger partial charge on any atom is 0.125 e. The van der Waals surface area contributed by atoms with Gasteiger partial charge in [-0.05, 0) is 62.5 Å². The van der Waals surface area contributed by atoms with Crippen molar-refractivity contribution in [1.29, 1.82) is 0 Å². The van der Waals surface area contributed by atoms with E-state index in [9.17, 15) is 5.11 Å². The molecular weight excluding hydrogens is 350 g/mol. The third-order valence-electron chi connectivity index (χ3n) is 6.12. The molecule has 3 N–H and O–H groups in total. The quantitative estimate of drug-likeness (QED) is 0.491. The summed E-state index contributed by atoms with van der Waals surface area (Å²) in [6, 6.07) is 6.09. The highest BCUT2D eigenvalue weighted by Crippen LogP contribution is 2.35. The molecule has 2 atom stereocenters. The van der Waals surface area contributed by atoms with Crippen LogP contribution in [0.5, 0.6) is 11.5 Å². The molecule has 1 unspecified atom stereocenters. The van der Waals surface area contributed by atoms with Crippen molar-refractivity contribution in [2.75, 3.05) is 13.7 Å². The molecule has 4 nitrogen and oxygen atoms in total. The molecule has 0 amide bonds. The molecule has 0 bridgehead atoms. The molecule has 1 aromatic carbocycles. The van der Waals surface area contributed by atoms with E-state index < -0.39 is 5.54 Å². The van der Waals surface area contributed by atoms with Crippen LogP contribution in [0.4, 0.5) is 0 Å². The average molecular weight is 392 g/mol. The Kier molecular flexibility index (Phi) is 9.10. The first kappa shape index (κ1) is 23.0. The molecule has 0 saturated heterocycles. The third kappa shape index (κ3) is 7.29. The summed E-state index contributed by atoms with van der Waals surface area (Å²) in [5.41, 5.74) is 7.13. The summed E-state index contributed by atoms with van der Waals surface area (Å²) >= 11 is 0. The van der Waals surface area contributed by atoms with Crippen LogP contribution in [0.3, 0.4) is 0 Å². The lowest BCUT2D eigenvalue weighted by atomic mass is 9.75. The molecule has 0 radical (unpaired) electrons. The van der Waals surface area contributed by atoms with Crippen molar-refractivity contribution in [2.24, 2.45) is 17.6 Å². The Morgan fingerprint density at radius 2 is 1.96 bits per heavy atom. The summed E-state index contributed by atoms with van der Waals surface area (Å²) in [6.45, 7) is 6.69. The molecule has 0 heterocycles. The Balaban J connectivity index is 1.90. The van der Waals surface area contributed by atoms with Crippen molar-refractivity contribution >= 4 is 0 Å². The van der Waals surface area contributed by atoms with Crippen LogP contribution in [0.1, 0.15) is 77.7 Å². The van der Waals surface area contributed by atoms with E-state index in [0.717, 1.165) is 48.7 Å². The average Bonchev–Trinajstić information content (AvgIpc) is 2.63. The van der Waals surface area contributed by atoms with E-state index in [-0.39, 0.29) is 12.7 Å². The highest BCUT2D eigenvalue weighted by atomic mass is 16.5. The van der Waals surface area contributed by atoms with Crippen molar-refractivity contribution in [2.45, 2.75) is 90.2 Å². The SMILES string of the molecule is COc1cc(O[C@@H](C)CCCC(C)C)ccc1CCC(N)(CO)CC1CCC1. The van der Waals surface area contributed by atoms with E-state index in [4.69, 9.17) is 15.2 Å². The van der Waals surface area contributed by atoms with Gasteiger partial charge in [0.25, 0.3) is 0 Å². The van der Waals surface area contributed by atoms with Crippen LogP contribution in [0, 0.1) is 11.8 Å². The maximum absolute atomic E-state index is 9.83. The van der Waals surface area contributed by atoms with Gasteiger partial charge in [0.05, 0.1) is 19.8 Å². The van der Waals surface area contributed by atoms with Gasteiger partial charge in [-0.3, -0.25) is 0 Å². The fourth-order valence-corrected chi connectivity index (χ4v) is 4.01. The minimum Gasteiger partial charge on any atom is -0.496 e. The Bertz CT molecular complexity index is 585. The molecule has 0 aliphatic heterocycles. The van der Waals surface area contributed by atoms with Gasteiger partial charge in [-0.25, -0.2) is 0 Å². The highest BCUT2D eigenvalue weighted by Gasteiger charge is 2.31. The monoisotopic (exact) mass is 391 g/mol. The van der Waals surface area contributed by atoms with Gasteiger partial charge in [0.2, 0.25) is 0 Å². The minimum atomic E-state index is -0.490. The molecule has 1 aromatic rings. The van der Waals surface area contributed by atoms with Crippen LogP contribution < -0.4 is 15.2 Å². The van der Waals surface area contributed by atoms with Crippen LogP contribution in [-0.2, 0) is 6.42 Å². The van der Waals surface area contributed by atoms with E-state index in [2.05, 4.69) is 26.8 Å². The number of benzene rings is 1. The zero-order valence-corrected chi connectivity index (χ0v) is 18.4. The topological polar surface area (TPSA) is 64.7 Å². The Morgan fingerprint density at radius 3 is 2.54 bits per heavy atom. The molecule has 2 rings (SSSR count). The second-order valence-electron chi connectivity index (χ2n) is 9.25. The fourth-order valence-electron chi connectivity index (χ4n) is 4.01. The first-order valence-corrected chi connectivity index (χ1v) is 11.1. The smallest absolute Gasteiger partial charge is 0.125 e. The van der Waals surface area contributed by atoms with E-state index in [1.54, 1.807) is 7.11 Å². The minimum absolute atomic E-state index is 0.0426. The number of aliphatic hydroxyl groups excluding tert-OH is 1. The molecule has 160 valence electrons. The standard InChI is InChI=1S/C24H41NO3/c1-18(2)7-5-8-19(3)28-22-12-11-21(23(15-22)27-4)13-14-24(25,17-26)16-20-9-6-10-20/h11-12,15,18-20,26H,5-10,13-14,16-17,25H2,1-4H3/t19-,24?/m0/s1. The summed E-state index contributed by atoms with van der Waals surface area (Å²) in [5.74, 6) is 3.13. The summed E-state index contributed by atoms with van der Waals surface area (Å²) in [6.07, 6.45) is 9.99. The number of aliphatic hydroxyl groups is 1. The number of aryl methyl sites for hydroxylation is 1. The van der Waals surface area contributed by atoms with E-state index >= 15 is 0 Å². The van der Waals surface area contributed by atoms with E-state index in [1.807, 2.05) is 12.1 Å². The van der Waals surface area contributed by atoms with Crippen molar-refractivity contribution < 1.29 is 14.6 Å². The largest absolute Gasteiger partial charge is 0.496 e. The van der Waals surface area contributed by atoms with Gasteiger partial charge in [0.1, 0.15) is 11.5 Å². The maximum atomic E-state index is 9.83. The number of methoxy groups -OCH3 is 1. The lowest BCUT2D eigenvalue weighted by Crippen LogP contribution is -2.46. The second-order valence-corrected chi connectivity index (χ2v) is 9.25. The third-order valence-corrected chi connectivity index (χ3v) is 6.12. The summed E-state index contributed by atoms with van der Waals surface area (Å²) in [5, 5.41) is 9.83. The van der Waals surface area contributed by atoms with Crippen LogP contribution in [-0.4, -0.2) is 30.5 Å². The molecule has 1 fully saturated rings. The van der Waals surface area contributed by atoms with Crippen molar-refractivity contribution in [1.82, 2.24) is 0 Å². The summed E-state index contributed by atoms with van der Waals surface area (Å²) in [7, 11) is 1.70. The number of hydrogen-bond acceptors (Lipinski definition) is 4. The van der Waals surface area contributed by atoms with Crippen molar-refractivity contribution in [3.05, 3.63) is 23.8 Å². The Hall–Kier alpha value is -1.26. The van der Waals surface area contributed by atoms with Gasteiger partial charge in [0.15, 0.2) is 0 Å². The van der Waals surface area contributed by atoms with Crippen molar-refractivity contribution in [3.63, 3.8) is 0 Å². The lowest BCUT2D eigenvalue weighted by molar-refractivity contribution is 0.135. The van der Waals surface area contributed by atoms with Crippen molar-refractivity contribution in [3.8, 4) is 11.5 Å². The van der Waals surface area contributed by atoms with Crippen LogP contribution in [0.25, 0.3) is 0 Å². The highest BCUT2D eigenvalue weighted by molar-refractivity contribution is 5.41. The number of hydrogen-bond donors (Lipinski definition) is 2. The zero-order chi connectivity index (χ0) is 20.6. The predicted octanol–water partition coefficient (Wildman–Crippen LogP) is 5.10. The summed E-state index contributed by atoms with van der Waals surface area (Å²) in [4.78, 5) is 0. The molecule has 1 aliphatic carbocycles. The number of rotatable bonds is 13. The number of nitrogens with two attached hydrogens (primary N) is 1. The fraction of sp³-hybridized carbons (Fsp3) is 0.750. The Morgan fingerprint density at radius 1 is 1.21 bits per heavy atom. The molecule has 4 heteroatoms. The number of ether oxygens (including phenoxy) is 2. The van der Waals surface area contributed by atoms with Gasteiger partial charge in [-0.2, -0.15) is 0 Å². The molecule has 0 spiro atoms. The predicted molar refractivity (Wildman–Crippen MR) is 116 cm³/mol. The first-order valence-electron chi connectivity index (χ1n) is 11.1. The van der Waals surface area contributed by atoms with E-state index in [0.29, 0.717) is 5.92 Å². The Labute approximate surface area is 171 Å². The van der Waals surface area contributed by atoms with Gasteiger partial charge in [-0.1, -0.05) is 45.6 Å². The molecule has 1 aliphatic rings. The van der Waals surface area contributed by atoms with Crippen LogP contribution in [0.15, 0.2) is 18.2 Å². The van der Waals surface area contributed by atoms with Gasteiger partial charge < -0.3 is 20.3 Å². The zero-order valence-electron chi connectivity index (χ0n) is 18.4. The lowest BCUT2D eigenvalue weighted by Gasteiger charge is -2.36. The first-order chi connectivity index (χ1) is 13.3. The second kappa shape index (κ2) is 11.1. The van der Waals surface area contributed by atoms with Gasteiger partial charge >= 0.3 is 0 Å².